The summed E-state index contributed by atoms with van der Waals surface area (Å²) in [4.78, 5) is 19.0. The van der Waals surface area contributed by atoms with Gasteiger partial charge < -0.3 is 10.2 Å². The van der Waals surface area contributed by atoms with E-state index < -0.39 is 0 Å². The van der Waals surface area contributed by atoms with Crippen LogP contribution in [0.3, 0.4) is 0 Å². The van der Waals surface area contributed by atoms with Crippen LogP contribution in [0.2, 0.25) is 0 Å². The average Bonchev–Trinajstić information content (AvgIpc) is 2.61. The van der Waals surface area contributed by atoms with Crippen LogP contribution in [0, 0.1) is 5.92 Å². The third kappa shape index (κ3) is 3.87. The third-order valence-electron chi connectivity index (χ3n) is 4.60. The second-order valence-corrected chi connectivity index (χ2v) is 6.27. The standard InChI is InChI=1S/C18H25N3O/c22-18(16-7-3-1-4-8-16)20-14-15-9-10-19-17(13-15)21-11-5-2-6-12-21/h1,3,9-10,13,16H,2,4-8,11-12,14H2,(H,20,22)/t16-/m0/s1. The maximum atomic E-state index is 12.2. The first-order chi connectivity index (χ1) is 10.8. The molecule has 1 aromatic rings. The fraction of sp³-hybridized carbons (Fsp3) is 0.556. The predicted octanol–water partition coefficient (Wildman–Crippen LogP) is 3.04. The van der Waals surface area contributed by atoms with Crippen molar-refractivity contribution in [1.82, 2.24) is 10.3 Å². The number of allylic oxidation sites excluding steroid dienone is 2. The molecule has 22 heavy (non-hydrogen) atoms. The summed E-state index contributed by atoms with van der Waals surface area (Å²) in [6, 6.07) is 4.11. The fourth-order valence-corrected chi connectivity index (χ4v) is 3.23. The molecule has 1 atom stereocenters. The second-order valence-electron chi connectivity index (χ2n) is 6.27. The van der Waals surface area contributed by atoms with Gasteiger partial charge in [-0.15, -0.1) is 0 Å². The molecule has 0 aromatic carbocycles. The number of nitrogens with zero attached hydrogens (tertiary/aromatic N) is 2. The maximum Gasteiger partial charge on any atom is 0.223 e. The summed E-state index contributed by atoms with van der Waals surface area (Å²) in [6.07, 6.45) is 12.8. The van der Waals surface area contributed by atoms with Gasteiger partial charge in [-0.25, -0.2) is 4.98 Å². The van der Waals surface area contributed by atoms with Gasteiger partial charge in [0.25, 0.3) is 0 Å². The van der Waals surface area contributed by atoms with Crippen LogP contribution in [0.25, 0.3) is 0 Å². The van der Waals surface area contributed by atoms with E-state index in [0.29, 0.717) is 6.54 Å². The lowest BCUT2D eigenvalue weighted by Gasteiger charge is -2.28. The molecule has 2 aliphatic rings. The zero-order valence-electron chi connectivity index (χ0n) is 13.1. The molecule has 1 amide bonds. The molecule has 0 unspecified atom stereocenters. The molecule has 1 saturated heterocycles. The van der Waals surface area contributed by atoms with E-state index in [9.17, 15) is 4.79 Å². The zero-order valence-corrected chi connectivity index (χ0v) is 13.1. The van der Waals surface area contributed by atoms with E-state index in [1.54, 1.807) is 0 Å². The molecule has 3 rings (SSSR count). The Kier molecular flexibility index (Phi) is 5.09. The number of anilines is 1. The Bertz CT molecular complexity index is 535. The lowest BCUT2D eigenvalue weighted by Crippen LogP contribution is -2.31. The summed E-state index contributed by atoms with van der Waals surface area (Å²) >= 11 is 0. The minimum absolute atomic E-state index is 0.147. The highest BCUT2D eigenvalue weighted by Crippen LogP contribution is 2.20. The number of aromatic nitrogens is 1. The SMILES string of the molecule is O=C(NCc1ccnc(N2CCCCC2)c1)[C@H]1CC=CCC1. The van der Waals surface area contributed by atoms with Crippen molar-refractivity contribution in [2.45, 2.75) is 45.1 Å². The van der Waals surface area contributed by atoms with Crippen molar-refractivity contribution in [3.05, 3.63) is 36.0 Å². The molecule has 0 spiro atoms. The largest absolute Gasteiger partial charge is 0.357 e. The van der Waals surface area contributed by atoms with Crippen molar-refractivity contribution >= 4 is 11.7 Å². The van der Waals surface area contributed by atoms with Crippen LogP contribution in [0.15, 0.2) is 30.5 Å². The van der Waals surface area contributed by atoms with E-state index in [-0.39, 0.29) is 11.8 Å². The number of piperidine rings is 1. The summed E-state index contributed by atoms with van der Waals surface area (Å²) in [6.45, 7) is 2.79. The normalized spacial score (nSPS) is 21.6. The van der Waals surface area contributed by atoms with Gasteiger partial charge in [0, 0.05) is 31.7 Å². The van der Waals surface area contributed by atoms with E-state index in [2.05, 4.69) is 33.4 Å². The van der Waals surface area contributed by atoms with Crippen LogP contribution in [0.1, 0.15) is 44.1 Å². The summed E-state index contributed by atoms with van der Waals surface area (Å²) in [5, 5.41) is 3.08. The number of hydrogen-bond donors (Lipinski definition) is 1. The zero-order chi connectivity index (χ0) is 15.2. The lowest BCUT2D eigenvalue weighted by atomic mass is 9.93. The highest BCUT2D eigenvalue weighted by atomic mass is 16.1. The second kappa shape index (κ2) is 7.43. The molecule has 1 aliphatic carbocycles. The van der Waals surface area contributed by atoms with Gasteiger partial charge in [0.1, 0.15) is 5.82 Å². The summed E-state index contributed by atoms with van der Waals surface area (Å²) in [7, 11) is 0. The molecule has 4 heteroatoms. The van der Waals surface area contributed by atoms with Gasteiger partial charge >= 0.3 is 0 Å². The molecule has 2 heterocycles. The Hall–Kier alpha value is -1.84. The monoisotopic (exact) mass is 299 g/mol. The van der Waals surface area contributed by atoms with E-state index in [4.69, 9.17) is 0 Å². The van der Waals surface area contributed by atoms with Crippen LogP contribution in [0.4, 0.5) is 5.82 Å². The van der Waals surface area contributed by atoms with Gasteiger partial charge in [-0.3, -0.25) is 4.79 Å². The van der Waals surface area contributed by atoms with Gasteiger partial charge in [0.2, 0.25) is 5.91 Å². The molecule has 0 bridgehead atoms. The summed E-state index contributed by atoms with van der Waals surface area (Å²) in [5.74, 6) is 1.38. The molecule has 118 valence electrons. The summed E-state index contributed by atoms with van der Waals surface area (Å²) in [5.41, 5.74) is 1.13. The first kappa shape index (κ1) is 15.1. The van der Waals surface area contributed by atoms with Gasteiger partial charge in [-0.05, 0) is 56.2 Å². The summed E-state index contributed by atoms with van der Waals surface area (Å²) < 4.78 is 0. The Morgan fingerprint density at radius 3 is 2.91 bits per heavy atom. The van der Waals surface area contributed by atoms with Crippen LogP contribution < -0.4 is 10.2 Å². The van der Waals surface area contributed by atoms with Crippen LogP contribution >= 0.6 is 0 Å². The molecular weight excluding hydrogens is 274 g/mol. The Balaban J connectivity index is 1.55. The minimum atomic E-state index is 0.147. The molecule has 1 fully saturated rings. The Morgan fingerprint density at radius 1 is 1.27 bits per heavy atom. The quantitative estimate of drug-likeness (QED) is 0.869. The number of nitrogens with one attached hydrogen (secondary N) is 1. The number of pyridine rings is 1. The molecular formula is C18H25N3O. The fourth-order valence-electron chi connectivity index (χ4n) is 3.23. The number of rotatable bonds is 4. The predicted molar refractivity (Wildman–Crippen MR) is 88.6 cm³/mol. The van der Waals surface area contributed by atoms with Gasteiger partial charge in [0.05, 0.1) is 0 Å². The van der Waals surface area contributed by atoms with E-state index >= 15 is 0 Å². The number of carbonyl (C=O) groups excluding carboxylic acids is 1. The van der Waals surface area contributed by atoms with Crippen molar-refractivity contribution in [2.75, 3.05) is 18.0 Å². The molecule has 0 radical (unpaired) electrons. The third-order valence-corrected chi connectivity index (χ3v) is 4.60. The van der Waals surface area contributed by atoms with Gasteiger partial charge in [0.15, 0.2) is 0 Å². The number of amides is 1. The molecule has 1 aliphatic heterocycles. The minimum Gasteiger partial charge on any atom is -0.357 e. The maximum absolute atomic E-state index is 12.2. The Morgan fingerprint density at radius 2 is 2.14 bits per heavy atom. The van der Waals surface area contributed by atoms with Gasteiger partial charge in [-0.2, -0.15) is 0 Å². The van der Waals surface area contributed by atoms with Crippen LogP contribution in [-0.2, 0) is 11.3 Å². The van der Waals surface area contributed by atoms with Crippen molar-refractivity contribution in [3.63, 3.8) is 0 Å². The highest BCUT2D eigenvalue weighted by molar-refractivity contribution is 5.79. The number of carbonyl (C=O) groups is 1. The van der Waals surface area contributed by atoms with Crippen molar-refractivity contribution in [2.24, 2.45) is 5.92 Å². The molecule has 4 nitrogen and oxygen atoms in total. The van der Waals surface area contributed by atoms with Crippen LogP contribution in [0.5, 0.6) is 0 Å². The Labute approximate surface area is 132 Å². The smallest absolute Gasteiger partial charge is 0.223 e. The highest BCUT2D eigenvalue weighted by Gasteiger charge is 2.18. The van der Waals surface area contributed by atoms with Crippen molar-refractivity contribution in [3.8, 4) is 0 Å². The first-order valence-electron chi connectivity index (χ1n) is 8.45. The first-order valence-corrected chi connectivity index (χ1v) is 8.45. The molecule has 1 N–H and O–H groups in total. The van der Waals surface area contributed by atoms with Crippen molar-refractivity contribution in [1.29, 1.82) is 0 Å². The van der Waals surface area contributed by atoms with E-state index in [1.807, 2.05) is 12.3 Å². The molecule has 0 saturated carbocycles. The lowest BCUT2D eigenvalue weighted by molar-refractivity contribution is -0.125. The van der Waals surface area contributed by atoms with E-state index in [0.717, 1.165) is 43.7 Å². The van der Waals surface area contributed by atoms with E-state index in [1.165, 1.54) is 19.3 Å². The number of hydrogen-bond acceptors (Lipinski definition) is 3. The van der Waals surface area contributed by atoms with Gasteiger partial charge in [-0.1, -0.05) is 12.2 Å². The van der Waals surface area contributed by atoms with Crippen LogP contribution in [-0.4, -0.2) is 24.0 Å². The molecule has 1 aromatic heterocycles. The van der Waals surface area contributed by atoms with Crippen molar-refractivity contribution < 1.29 is 4.79 Å². The average molecular weight is 299 g/mol. The topological polar surface area (TPSA) is 45.2 Å².